The number of rotatable bonds is 2. The number of benzene rings is 2. The zero-order chi connectivity index (χ0) is 14.1. The van der Waals surface area contributed by atoms with Crippen LogP contribution in [0.3, 0.4) is 0 Å². The van der Waals surface area contributed by atoms with Crippen molar-refractivity contribution < 1.29 is 9.18 Å². The molecule has 0 fully saturated rings. The van der Waals surface area contributed by atoms with Gasteiger partial charge in [-0.3, -0.25) is 0 Å². The van der Waals surface area contributed by atoms with Crippen molar-refractivity contribution in [2.45, 2.75) is 31.6 Å². The van der Waals surface area contributed by atoms with E-state index >= 15 is 0 Å². The Kier molecular flexibility index (Phi) is 3.39. The third kappa shape index (κ3) is 2.15. The Balaban J connectivity index is 2.19. The largest absolute Gasteiger partial charge is 0.303 e. The van der Waals surface area contributed by atoms with Crippen LogP contribution in [-0.2, 0) is 11.2 Å². The summed E-state index contributed by atoms with van der Waals surface area (Å²) in [5.74, 6) is 0.0766. The fraction of sp³-hybridized carbons (Fsp3) is 0.278. The van der Waals surface area contributed by atoms with E-state index in [0.717, 1.165) is 18.3 Å². The van der Waals surface area contributed by atoms with E-state index in [4.69, 9.17) is 0 Å². The molecule has 2 aromatic carbocycles. The minimum Gasteiger partial charge on any atom is -0.303 e. The summed E-state index contributed by atoms with van der Waals surface area (Å²) >= 11 is 0. The molecule has 0 saturated heterocycles. The second kappa shape index (κ2) is 5.20. The highest BCUT2D eigenvalue weighted by molar-refractivity contribution is 5.55. The minimum absolute atomic E-state index is 0.131. The van der Waals surface area contributed by atoms with Crippen molar-refractivity contribution in [3.05, 3.63) is 70.5 Å². The molecule has 0 aromatic heterocycles. The maximum atomic E-state index is 13.6. The van der Waals surface area contributed by atoms with Crippen molar-refractivity contribution in [1.82, 2.24) is 0 Å². The van der Waals surface area contributed by atoms with Crippen molar-refractivity contribution in [2.24, 2.45) is 0 Å². The maximum absolute atomic E-state index is 13.6. The average molecular weight is 268 g/mol. The van der Waals surface area contributed by atoms with Crippen LogP contribution < -0.4 is 0 Å². The Hall–Kier alpha value is -1.96. The summed E-state index contributed by atoms with van der Waals surface area (Å²) in [5, 5.41) is 0. The number of carbonyl (C=O) groups excluding carboxylic acids is 1. The van der Waals surface area contributed by atoms with E-state index in [1.165, 1.54) is 22.8 Å². The molecule has 2 atom stereocenters. The Morgan fingerprint density at radius 3 is 2.70 bits per heavy atom. The van der Waals surface area contributed by atoms with Crippen LogP contribution in [0, 0.1) is 5.82 Å². The van der Waals surface area contributed by atoms with E-state index in [1.54, 1.807) is 6.07 Å². The zero-order valence-electron chi connectivity index (χ0n) is 11.5. The first-order valence-electron chi connectivity index (χ1n) is 7.00. The fourth-order valence-corrected chi connectivity index (χ4v) is 3.33. The SMILES string of the molecule is C[C@@H]1c2cc(F)ccc2Cc2ccccc2[C@H]1CC=O. The molecular weight excluding hydrogens is 251 g/mol. The molecular formula is C18H17FO. The van der Waals surface area contributed by atoms with E-state index in [9.17, 15) is 9.18 Å². The van der Waals surface area contributed by atoms with Gasteiger partial charge in [0.2, 0.25) is 0 Å². The van der Waals surface area contributed by atoms with Gasteiger partial charge in [-0.05, 0) is 52.6 Å². The Morgan fingerprint density at radius 1 is 1.15 bits per heavy atom. The third-order valence-corrected chi connectivity index (χ3v) is 4.39. The molecule has 0 heterocycles. The highest BCUT2D eigenvalue weighted by atomic mass is 19.1. The highest BCUT2D eigenvalue weighted by Crippen LogP contribution is 2.41. The smallest absolute Gasteiger partial charge is 0.123 e. The van der Waals surface area contributed by atoms with Gasteiger partial charge in [-0.25, -0.2) is 4.39 Å². The summed E-state index contributed by atoms with van der Waals surface area (Å²) in [7, 11) is 0. The van der Waals surface area contributed by atoms with Gasteiger partial charge in [0.1, 0.15) is 12.1 Å². The quantitative estimate of drug-likeness (QED) is 0.746. The first-order valence-corrected chi connectivity index (χ1v) is 7.00. The molecule has 0 radical (unpaired) electrons. The molecule has 3 rings (SSSR count). The van der Waals surface area contributed by atoms with Crippen LogP contribution in [0.25, 0.3) is 0 Å². The lowest BCUT2D eigenvalue weighted by Gasteiger charge is -2.23. The van der Waals surface area contributed by atoms with Crippen LogP contribution in [0.1, 0.15) is 47.4 Å². The lowest BCUT2D eigenvalue weighted by atomic mass is 9.81. The van der Waals surface area contributed by atoms with E-state index in [0.29, 0.717) is 6.42 Å². The van der Waals surface area contributed by atoms with Gasteiger partial charge < -0.3 is 4.79 Å². The van der Waals surface area contributed by atoms with Gasteiger partial charge in [-0.1, -0.05) is 37.3 Å². The van der Waals surface area contributed by atoms with Crippen molar-refractivity contribution in [1.29, 1.82) is 0 Å². The highest BCUT2D eigenvalue weighted by Gasteiger charge is 2.28. The minimum atomic E-state index is -0.202. The van der Waals surface area contributed by atoms with Crippen LogP contribution in [-0.4, -0.2) is 6.29 Å². The number of halogens is 1. The first-order chi connectivity index (χ1) is 9.70. The second-order valence-electron chi connectivity index (χ2n) is 5.52. The summed E-state index contributed by atoms with van der Waals surface area (Å²) in [4.78, 5) is 11.0. The van der Waals surface area contributed by atoms with Gasteiger partial charge in [0.15, 0.2) is 0 Å². The van der Waals surface area contributed by atoms with Gasteiger partial charge in [-0.15, -0.1) is 0 Å². The van der Waals surface area contributed by atoms with E-state index < -0.39 is 0 Å². The van der Waals surface area contributed by atoms with E-state index in [2.05, 4.69) is 19.1 Å². The number of carbonyl (C=O) groups is 1. The summed E-state index contributed by atoms with van der Waals surface area (Å²) in [6.45, 7) is 2.09. The number of hydrogen-bond acceptors (Lipinski definition) is 1. The molecule has 1 aliphatic carbocycles. The van der Waals surface area contributed by atoms with Gasteiger partial charge in [-0.2, -0.15) is 0 Å². The third-order valence-electron chi connectivity index (χ3n) is 4.39. The van der Waals surface area contributed by atoms with Gasteiger partial charge in [0, 0.05) is 6.42 Å². The fourth-order valence-electron chi connectivity index (χ4n) is 3.33. The predicted octanol–water partition coefficient (Wildman–Crippen LogP) is 4.21. The number of fused-ring (bicyclic) bond motifs is 2. The second-order valence-corrected chi connectivity index (χ2v) is 5.52. The molecule has 0 saturated carbocycles. The standard InChI is InChI=1S/C18H17FO/c1-12-16(8-9-20)17-5-3-2-4-13(17)10-14-6-7-15(19)11-18(12)14/h2-7,9,11-12,16H,8,10H2,1H3/t12-,16-/m0/s1. The molecule has 1 nitrogen and oxygen atoms in total. The summed E-state index contributed by atoms with van der Waals surface area (Å²) in [6, 6.07) is 13.3. The van der Waals surface area contributed by atoms with Crippen molar-refractivity contribution >= 4 is 6.29 Å². The molecule has 0 bridgehead atoms. The molecule has 0 amide bonds. The zero-order valence-corrected chi connectivity index (χ0v) is 11.5. The average Bonchev–Trinajstić information content (AvgIpc) is 2.57. The summed E-state index contributed by atoms with van der Waals surface area (Å²) in [5.41, 5.74) is 4.67. The first kappa shape index (κ1) is 13.0. The lowest BCUT2D eigenvalue weighted by Crippen LogP contribution is -2.09. The Bertz CT molecular complexity index is 648. The molecule has 102 valence electrons. The molecule has 0 aliphatic heterocycles. The van der Waals surface area contributed by atoms with Gasteiger partial charge >= 0.3 is 0 Å². The van der Waals surface area contributed by atoms with E-state index in [1.807, 2.05) is 18.2 Å². The Morgan fingerprint density at radius 2 is 1.90 bits per heavy atom. The normalized spacial score (nSPS) is 20.7. The van der Waals surface area contributed by atoms with Gasteiger partial charge in [0.25, 0.3) is 0 Å². The van der Waals surface area contributed by atoms with Crippen LogP contribution in [0.5, 0.6) is 0 Å². The summed E-state index contributed by atoms with van der Waals surface area (Å²) < 4.78 is 13.6. The topological polar surface area (TPSA) is 17.1 Å². The molecule has 0 N–H and O–H groups in total. The molecule has 0 unspecified atom stereocenters. The maximum Gasteiger partial charge on any atom is 0.123 e. The molecule has 2 aromatic rings. The van der Waals surface area contributed by atoms with E-state index in [-0.39, 0.29) is 17.7 Å². The van der Waals surface area contributed by atoms with Gasteiger partial charge in [0.05, 0.1) is 0 Å². The Labute approximate surface area is 118 Å². The van der Waals surface area contributed by atoms with Crippen molar-refractivity contribution in [2.75, 3.05) is 0 Å². The number of hydrogen-bond donors (Lipinski definition) is 0. The van der Waals surface area contributed by atoms with Crippen LogP contribution in [0.4, 0.5) is 4.39 Å². The monoisotopic (exact) mass is 268 g/mol. The van der Waals surface area contributed by atoms with Crippen LogP contribution >= 0.6 is 0 Å². The lowest BCUT2D eigenvalue weighted by molar-refractivity contribution is -0.108. The summed E-state index contributed by atoms with van der Waals surface area (Å²) in [6.07, 6.45) is 2.27. The number of aldehydes is 1. The van der Waals surface area contributed by atoms with Crippen LogP contribution in [0.15, 0.2) is 42.5 Å². The van der Waals surface area contributed by atoms with Crippen molar-refractivity contribution in [3.63, 3.8) is 0 Å². The predicted molar refractivity (Wildman–Crippen MR) is 77.5 cm³/mol. The van der Waals surface area contributed by atoms with Crippen molar-refractivity contribution in [3.8, 4) is 0 Å². The molecule has 1 aliphatic rings. The molecule has 0 spiro atoms. The van der Waals surface area contributed by atoms with Crippen LogP contribution in [0.2, 0.25) is 0 Å². The molecule has 20 heavy (non-hydrogen) atoms. The molecule has 2 heteroatoms.